The number of carbonyl (C=O) groups is 1. The first-order valence-corrected chi connectivity index (χ1v) is 8.40. The van der Waals surface area contributed by atoms with Crippen molar-refractivity contribution in [2.75, 3.05) is 5.32 Å². The zero-order chi connectivity index (χ0) is 18.8. The van der Waals surface area contributed by atoms with E-state index in [9.17, 15) is 10.1 Å². The molecule has 0 saturated carbocycles. The molecule has 27 heavy (non-hydrogen) atoms. The van der Waals surface area contributed by atoms with Gasteiger partial charge in [-0.15, -0.1) is 10.2 Å². The molecule has 0 unspecified atom stereocenters. The van der Waals surface area contributed by atoms with Crippen LogP contribution in [-0.2, 0) is 24.1 Å². The Morgan fingerprint density at radius 2 is 2.04 bits per heavy atom. The number of aromatic nitrogens is 3. The van der Waals surface area contributed by atoms with Gasteiger partial charge < -0.3 is 14.8 Å². The third kappa shape index (κ3) is 3.48. The van der Waals surface area contributed by atoms with Gasteiger partial charge in [0.1, 0.15) is 18.3 Å². The summed E-state index contributed by atoms with van der Waals surface area (Å²) in [5, 5.41) is 29.1. The lowest BCUT2D eigenvalue weighted by Crippen LogP contribution is -2.21. The van der Waals surface area contributed by atoms with Crippen molar-refractivity contribution in [1.82, 2.24) is 15.2 Å². The number of hydrogen-bond donors (Lipinski definition) is 2. The molecule has 1 aromatic carbocycles. The van der Waals surface area contributed by atoms with Gasteiger partial charge in [0.2, 0.25) is 11.8 Å². The van der Waals surface area contributed by atoms with Gasteiger partial charge in [-0.2, -0.15) is 5.26 Å². The van der Waals surface area contributed by atoms with Gasteiger partial charge in [-0.05, 0) is 30.0 Å². The average molecular weight is 361 g/mol. The molecule has 2 N–H and O–H groups in total. The van der Waals surface area contributed by atoms with Crippen LogP contribution in [0.1, 0.15) is 22.6 Å². The van der Waals surface area contributed by atoms with Crippen molar-refractivity contribution in [2.24, 2.45) is 0 Å². The zero-order valence-electron chi connectivity index (χ0n) is 14.2. The molecule has 0 bridgehead atoms. The maximum absolute atomic E-state index is 10.7. The van der Waals surface area contributed by atoms with Gasteiger partial charge >= 0.3 is 5.97 Å². The molecule has 0 aliphatic heterocycles. The summed E-state index contributed by atoms with van der Waals surface area (Å²) >= 11 is 0. The molecule has 3 aromatic rings. The number of hydrogen-bond acceptors (Lipinski definition) is 7. The SMILES string of the molecule is N#Cc1cc(-c2nnc(CC(=O)O)o2)cnc1NC1Cc2ccccc2C1. The van der Waals surface area contributed by atoms with Crippen molar-refractivity contribution in [1.29, 1.82) is 5.26 Å². The molecule has 8 nitrogen and oxygen atoms in total. The minimum atomic E-state index is -1.06. The summed E-state index contributed by atoms with van der Waals surface area (Å²) in [5.41, 5.74) is 3.45. The van der Waals surface area contributed by atoms with Crippen LogP contribution in [0.4, 0.5) is 5.82 Å². The van der Waals surface area contributed by atoms with Crippen LogP contribution in [0.5, 0.6) is 0 Å². The van der Waals surface area contributed by atoms with E-state index in [1.54, 1.807) is 6.07 Å². The molecule has 0 spiro atoms. The number of nitrogens with zero attached hydrogens (tertiary/aromatic N) is 4. The van der Waals surface area contributed by atoms with E-state index in [0.717, 1.165) is 12.8 Å². The van der Waals surface area contributed by atoms with Gasteiger partial charge in [0.05, 0.1) is 11.1 Å². The van der Waals surface area contributed by atoms with Crippen LogP contribution in [0.3, 0.4) is 0 Å². The number of fused-ring (bicyclic) bond motifs is 1. The quantitative estimate of drug-likeness (QED) is 0.708. The Hall–Kier alpha value is -3.73. The monoisotopic (exact) mass is 361 g/mol. The van der Waals surface area contributed by atoms with Gasteiger partial charge in [0, 0.05) is 12.2 Å². The van der Waals surface area contributed by atoms with Crippen LogP contribution in [0, 0.1) is 11.3 Å². The second-order valence-electron chi connectivity index (χ2n) is 6.32. The molecule has 8 heteroatoms. The molecule has 0 saturated heterocycles. The number of rotatable bonds is 5. The number of aliphatic carboxylic acids is 1. The normalized spacial score (nSPS) is 13.1. The lowest BCUT2D eigenvalue weighted by Gasteiger charge is -2.14. The number of nitrogens with one attached hydrogen (secondary N) is 1. The molecule has 0 atom stereocenters. The Bertz CT molecular complexity index is 1030. The first-order chi connectivity index (χ1) is 13.1. The Labute approximate surface area is 154 Å². The van der Waals surface area contributed by atoms with Gasteiger partial charge in [-0.3, -0.25) is 4.79 Å². The van der Waals surface area contributed by atoms with Crippen molar-refractivity contribution < 1.29 is 14.3 Å². The first-order valence-electron chi connectivity index (χ1n) is 8.40. The lowest BCUT2D eigenvalue weighted by molar-refractivity contribution is -0.136. The van der Waals surface area contributed by atoms with Crippen LogP contribution in [0.25, 0.3) is 11.5 Å². The molecule has 0 amide bonds. The van der Waals surface area contributed by atoms with Crippen molar-refractivity contribution in [2.45, 2.75) is 25.3 Å². The first kappa shape index (κ1) is 16.7. The highest BCUT2D eigenvalue weighted by molar-refractivity contribution is 5.69. The molecule has 0 radical (unpaired) electrons. The van der Waals surface area contributed by atoms with Crippen molar-refractivity contribution >= 4 is 11.8 Å². The molecule has 0 fully saturated rings. The molecular weight excluding hydrogens is 346 g/mol. The predicted octanol–water partition coefficient (Wildman–Crippen LogP) is 2.21. The Kier molecular flexibility index (Phi) is 4.26. The van der Waals surface area contributed by atoms with Gasteiger partial charge in [-0.1, -0.05) is 24.3 Å². The second kappa shape index (κ2) is 6.88. The fourth-order valence-electron chi connectivity index (χ4n) is 3.21. The van der Waals surface area contributed by atoms with Crippen LogP contribution >= 0.6 is 0 Å². The van der Waals surface area contributed by atoms with E-state index in [1.165, 1.54) is 17.3 Å². The summed E-state index contributed by atoms with van der Waals surface area (Å²) in [5.74, 6) is -0.417. The molecule has 2 heterocycles. The molecular formula is C19H15N5O3. The number of benzene rings is 1. The summed E-state index contributed by atoms with van der Waals surface area (Å²) in [6, 6.07) is 12.2. The fourth-order valence-corrected chi connectivity index (χ4v) is 3.21. The fraction of sp³-hybridized carbons (Fsp3) is 0.211. The number of nitriles is 1. The number of pyridine rings is 1. The third-order valence-electron chi connectivity index (χ3n) is 4.42. The highest BCUT2D eigenvalue weighted by atomic mass is 16.4. The molecule has 4 rings (SSSR count). The lowest BCUT2D eigenvalue weighted by atomic mass is 10.1. The van der Waals surface area contributed by atoms with E-state index in [2.05, 4.69) is 38.7 Å². The largest absolute Gasteiger partial charge is 0.481 e. The topological polar surface area (TPSA) is 125 Å². The third-order valence-corrected chi connectivity index (χ3v) is 4.42. The highest BCUT2D eigenvalue weighted by Gasteiger charge is 2.22. The number of anilines is 1. The summed E-state index contributed by atoms with van der Waals surface area (Å²) < 4.78 is 5.32. The Morgan fingerprint density at radius 1 is 1.30 bits per heavy atom. The Balaban J connectivity index is 1.53. The maximum Gasteiger partial charge on any atom is 0.312 e. The van der Waals surface area contributed by atoms with Crippen molar-refractivity contribution in [3.63, 3.8) is 0 Å². The van der Waals surface area contributed by atoms with Gasteiger partial charge in [0.15, 0.2) is 0 Å². The molecule has 1 aliphatic carbocycles. The predicted molar refractivity (Wildman–Crippen MR) is 94.8 cm³/mol. The highest BCUT2D eigenvalue weighted by Crippen LogP contribution is 2.27. The van der Waals surface area contributed by atoms with Crippen molar-refractivity contribution in [3.8, 4) is 17.5 Å². The van der Waals surface area contributed by atoms with Gasteiger partial charge in [-0.25, -0.2) is 4.98 Å². The van der Waals surface area contributed by atoms with Crippen molar-refractivity contribution in [3.05, 3.63) is 59.1 Å². The van der Waals surface area contributed by atoms with E-state index < -0.39 is 5.97 Å². The second-order valence-corrected chi connectivity index (χ2v) is 6.32. The van der Waals surface area contributed by atoms with Crippen LogP contribution < -0.4 is 5.32 Å². The number of carboxylic acid groups (broad SMARTS) is 1. The average Bonchev–Trinajstić information content (AvgIpc) is 3.27. The summed E-state index contributed by atoms with van der Waals surface area (Å²) in [7, 11) is 0. The number of carboxylic acids is 1. The van der Waals surface area contributed by atoms with E-state index in [0.29, 0.717) is 16.9 Å². The zero-order valence-corrected chi connectivity index (χ0v) is 14.2. The van der Waals surface area contributed by atoms with Crippen LogP contribution in [-0.4, -0.2) is 32.3 Å². The summed E-state index contributed by atoms with van der Waals surface area (Å²) in [4.78, 5) is 15.1. The smallest absolute Gasteiger partial charge is 0.312 e. The minimum absolute atomic E-state index is 0.00179. The maximum atomic E-state index is 10.7. The molecule has 2 aromatic heterocycles. The summed E-state index contributed by atoms with van der Waals surface area (Å²) in [6.07, 6.45) is 2.94. The van der Waals surface area contributed by atoms with E-state index in [4.69, 9.17) is 9.52 Å². The molecule has 134 valence electrons. The van der Waals surface area contributed by atoms with E-state index >= 15 is 0 Å². The molecule has 1 aliphatic rings. The van der Waals surface area contributed by atoms with E-state index in [-0.39, 0.29) is 24.2 Å². The van der Waals surface area contributed by atoms with E-state index in [1.807, 2.05) is 12.1 Å². The Morgan fingerprint density at radius 3 is 2.70 bits per heavy atom. The van der Waals surface area contributed by atoms with Crippen LogP contribution in [0.15, 0.2) is 40.9 Å². The van der Waals surface area contributed by atoms with Gasteiger partial charge in [0.25, 0.3) is 0 Å². The summed E-state index contributed by atoms with van der Waals surface area (Å²) in [6.45, 7) is 0. The standard InChI is InChI=1S/C19H15N5O3/c20-9-13-5-14(19-24-23-16(27-19)8-17(25)26)10-21-18(13)22-15-6-11-3-1-2-4-12(11)7-15/h1-5,10,15H,6-8H2,(H,21,22)(H,25,26). The van der Waals surface area contributed by atoms with Crippen LogP contribution in [0.2, 0.25) is 0 Å². The minimum Gasteiger partial charge on any atom is -0.481 e.